The zero-order chi connectivity index (χ0) is 20.8. The van der Waals surface area contributed by atoms with Crippen LogP contribution in [-0.4, -0.2) is 36.8 Å². The zero-order valence-corrected chi connectivity index (χ0v) is 17.4. The predicted molar refractivity (Wildman–Crippen MR) is 114 cm³/mol. The maximum Gasteiger partial charge on any atom is 0.227 e. The molecule has 0 aliphatic rings. The summed E-state index contributed by atoms with van der Waals surface area (Å²) in [7, 11) is 3.81. The molecule has 152 valence electrons. The molecule has 29 heavy (non-hydrogen) atoms. The van der Waals surface area contributed by atoms with Crippen molar-refractivity contribution in [1.29, 1.82) is 0 Å². The Hall–Kier alpha value is -3.06. The van der Waals surface area contributed by atoms with Crippen LogP contribution in [0, 0.1) is 0 Å². The molecular weight excluding hydrogens is 392 g/mol. The van der Waals surface area contributed by atoms with Crippen LogP contribution >= 0.6 is 11.6 Å². The van der Waals surface area contributed by atoms with Crippen molar-refractivity contribution in [3.8, 4) is 17.1 Å². The Morgan fingerprint density at radius 1 is 1.21 bits per heavy atom. The van der Waals surface area contributed by atoms with E-state index in [1.165, 1.54) is 0 Å². The molecule has 0 atom stereocenters. The molecule has 1 N–H and O–H groups in total. The second kappa shape index (κ2) is 9.43. The summed E-state index contributed by atoms with van der Waals surface area (Å²) in [4.78, 5) is 18.6. The number of halogens is 1. The van der Waals surface area contributed by atoms with Crippen molar-refractivity contribution < 1.29 is 14.1 Å². The normalized spacial score (nSPS) is 10.6. The van der Waals surface area contributed by atoms with Crippen LogP contribution in [0.15, 0.2) is 47.0 Å². The third kappa shape index (κ3) is 5.48. The van der Waals surface area contributed by atoms with Gasteiger partial charge in [-0.2, -0.15) is 4.98 Å². The van der Waals surface area contributed by atoms with Crippen molar-refractivity contribution in [2.45, 2.75) is 19.8 Å². The minimum absolute atomic E-state index is 0.156. The second-order valence-electron chi connectivity index (χ2n) is 6.57. The van der Waals surface area contributed by atoms with Gasteiger partial charge in [0, 0.05) is 37.5 Å². The van der Waals surface area contributed by atoms with Crippen LogP contribution in [0.2, 0.25) is 5.02 Å². The quantitative estimate of drug-likeness (QED) is 0.587. The Bertz CT molecular complexity index is 970. The molecule has 1 heterocycles. The van der Waals surface area contributed by atoms with Gasteiger partial charge in [0.05, 0.1) is 18.0 Å². The summed E-state index contributed by atoms with van der Waals surface area (Å²) in [6, 6.07) is 12.8. The number of aromatic nitrogens is 2. The van der Waals surface area contributed by atoms with Gasteiger partial charge in [0.1, 0.15) is 5.75 Å². The smallest absolute Gasteiger partial charge is 0.227 e. The number of benzene rings is 2. The first-order valence-electron chi connectivity index (χ1n) is 9.29. The third-order valence-corrected chi connectivity index (χ3v) is 4.41. The lowest BCUT2D eigenvalue weighted by molar-refractivity contribution is -0.116. The summed E-state index contributed by atoms with van der Waals surface area (Å²) >= 11 is 6.06. The summed E-state index contributed by atoms with van der Waals surface area (Å²) in [6.07, 6.45) is 0.554. The molecule has 0 radical (unpaired) electrons. The van der Waals surface area contributed by atoms with E-state index < -0.39 is 0 Å². The predicted octanol–water partition coefficient (Wildman–Crippen LogP) is 4.43. The molecular formula is C21H23ClN4O3. The Morgan fingerprint density at radius 2 is 1.97 bits per heavy atom. The van der Waals surface area contributed by atoms with Crippen molar-refractivity contribution in [3.05, 3.63) is 53.4 Å². The van der Waals surface area contributed by atoms with Crippen LogP contribution < -0.4 is 15.0 Å². The first-order valence-corrected chi connectivity index (χ1v) is 9.66. The number of hydrogen-bond donors (Lipinski definition) is 1. The van der Waals surface area contributed by atoms with Crippen molar-refractivity contribution >= 4 is 28.9 Å². The number of carbonyl (C=O) groups excluding carboxylic acids is 1. The molecule has 3 rings (SSSR count). The van der Waals surface area contributed by atoms with E-state index in [1.807, 2.05) is 56.3 Å². The minimum atomic E-state index is -0.156. The number of amides is 1. The molecule has 0 aliphatic heterocycles. The van der Waals surface area contributed by atoms with Crippen molar-refractivity contribution in [2.75, 3.05) is 30.9 Å². The first-order chi connectivity index (χ1) is 14.0. The fourth-order valence-corrected chi connectivity index (χ4v) is 2.94. The zero-order valence-electron chi connectivity index (χ0n) is 16.6. The lowest BCUT2D eigenvalue weighted by Gasteiger charge is -2.18. The Labute approximate surface area is 174 Å². The maximum atomic E-state index is 12.4. The molecule has 0 aliphatic carbocycles. The Balaban J connectivity index is 1.60. The van der Waals surface area contributed by atoms with Crippen LogP contribution in [-0.2, 0) is 11.2 Å². The monoisotopic (exact) mass is 414 g/mol. The Kier molecular flexibility index (Phi) is 6.72. The molecule has 0 unspecified atom stereocenters. The molecule has 3 aromatic rings. The highest BCUT2D eigenvalue weighted by Crippen LogP contribution is 2.28. The molecule has 0 fully saturated rings. The van der Waals surface area contributed by atoms with E-state index in [0.29, 0.717) is 35.5 Å². The van der Waals surface area contributed by atoms with Gasteiger partial charge >= 0.3 is 0 Å². The summed E-state index contributed by atoms with van der Waals surface area (Å²) in [5, 5.41) is 7.44. The molecule has 0 saturated carbocycles. The molecule has 8 heteroatoms. The van der Waals surface area contributed by atoms with E-state index in [-0.39, 0.29) is 12.3 Å². The van der Waals surface area contributed by atoms with Crippen LogP contribution in [0.1, 0.15) is 19.2 Å². The summed E-state index contributed by atoms with van der Waals surface area (Å²) in [6.45, 7) is 2.54. The van der Waals surface area contributed by atoms with Gasteiger partial charge in [0.15, 0.2) is 0 Å². The number of aryl methyl sites for hydroxylation is 1. The van der Waals surface area contributed by atoms with Crippen molar-refractivity contribution in [3.63, 3.8) is 0 Å². The number of carbonyl (C=O) groups is 1. The van der Waals surface area contributed by atoms with Gasteiger partial charge in [0.25, 0.3) is 0 Å². The summed E-state index contributed by atoms with van der Waals surface area (Å²) < 4.78 is 10.7. The average molecular weight is 415 g/mol. The fraction of sp³-hybridized carbons (Fsp3) is 0.286. The lowest BCUT2D eigenvalue weighted by Crippen LogP contribution is -2.17. The number of anilines is 2. The lowest BCUT2D eigenvalue weighted by atomic mass is 10.2. The highest BCUT2D eigenvalue weighted by atomic mass is 35.5. The first kappa shape index (κ1) is 20.7. The van der Waals surface area contributed by atoms with Crippen LogP contribution in [0.5, 0.6) is 5.75 Å². The number of nitrogens with zero attached hydrogens (tertiary/aromatic N) is 3. The van der Waals surface area contributed by atoms with Crippen molar-refractivity contribution in [1.82, 2.24) is 10.1 Å². The summed E-state index contributed by atoms with van der Waals surface area (Å²) in [5.41, 5.74) is 2.36. The van der Waals surface area contributed by atoms with Gasteiger partial charge in [-0.25, -0.2) is 0 Å². The second-order valence-corrected chi connectivity index (χ2v) is 7.01. The molecule has 2 aromatic carbocycles. The van der Waals surface area contributed by atoms with Crippen LogP contribution in [0.4, 0.5) is 11.4 Å². The van der Waals surface area contributed by atoms with E-state index in [1.54, 1.807) is 12.1 Å². The standard InChI is InChI=1S/C21H23ClN4O3/c1-4-28-16-8-5-14(6-9-16)21-24-20(29-25-21)12-11-19(27)23-17-13-15(22)7-10-18(17)26(2)3/h5-10,13H,4,11-12H2,1-3H3,(H,23,27). The molecule has 0 bridgehead atoms. The van der Waals surface area contributed by atoms with E-state index in [9.17, 15) is 4.79 Å². The van der Waals surface area contributed by atoms with Crippen LogP contribution in [0.3, 0.4) is 0 Å². The van der Waals surface area contributed by atoms with Crippen LogP contribution in [0.25, 0.3) is 11.4 Å². The SMILES string of the molecule is CCOc1ccc(-c2noc(CCC(=O)Nc3cc(Cl)ccc3N(C)C)n2)cc1. The number of hydrogen-bond acceptors (Lipinski definition) is 6. The third-order valence-electron chi connectivity index (χ3n) is 4.17. The number of nitrogens with one attached hydrogen (secondary N) is 1. The van der Waals surface area contributed by atoms with E-state index >= 15 is 0 Å². The van der Waals surface area contributed by atoms with Crippen molar-refractivity contribution in [2.24, 2.45) is 0 Å². The number of rotatable bonds is 8. The number of ether oxygens (including phenoxy) is 1. The van der Waals surface area contributed by atoms with Gasteiger partial charge < -0.3 is 19.5 Å². The minimum Gasteiger partial charge on any atom is -0.494 e. The van der Waals surface area contributed by atoms with Gasteiger partial charge in [-0.3, -0.25) is 4.79 Å². The van der Waals surface area contributed by atoms with Gasteiger partial charge in [-0.15, -0.1) is 0 Å². The van der Waals surface area contributed by atoms with Gasteiger partial charge in [0.2, 0.25) is 17.6 Å². The molecule has 1 aromatic heterocycles. The van der Waals surface area contributed by atoms with Gasteiger partial charge in [-0.1, -0.05) is 16.8 Å². The van der Waals surface area contributed by atoms with Gasteiger partial charge in [-0.05, 0) is 49.4 Å². The van der Waals surface area contributed by atoms with E-state index in [4.69, 9.17) is 20.9 Å². The van der Waals surface area contributed by atoms with E-state index in [0.717, 1.165) is 17.0 Å². The highest BCUT2D eigenvalue weighted by Gasteiger charge is 2.13. The molecule has 7 nitrogen and oxygen atoms in total. The molecule has 1 amide bonds. The Morgan fingerprint density at radius 3 is 2.66 bits per heavy atom. The summed E-state index contributed by atoms with van der Waals surface area (Å²) in [5.74, 6) is 1.52. The molecule has 0 saturated heterocycles. The largest absolute Gasteiger partial charge is 0.494 e. The van der Waals surface area contributed by atoms with E-state index in [2.05, 4.69) is 15.5 Å². The maximum absolute atomic E-state index is 12.4. The average Bonchev–Trinajstić information content (AvgIpc) is 3.16. The topological polar surface area (TPSA) is 80.5 Å². The molecule has 0 spiro atoms. The highest BCUT2D eigenvalue weighted by molar-refractivity contribution is 6.31. The fourth-order valence-electron chi connectivity index (χ4n) is 2.77.